The van der Waals surface area contributed by atoms with Gasteiger partial charge in [-0.2, -0.15) is 0 Å². The van der Waals surface area contributed by atoms with Crippen LogP contribution in [0.25, 0.3) is 6.08 Å². The quantitative estimate of drug-likeness (QED) is 0.730. The Bertz CT molecular complexity index is 356. The van der Waals surface area contributed by atoms with E-state index in [-0.39, 0.29) is 0 Å². The predicted molar refractivity (Wildman–Crippen MR) is 64.8 cm³/mol. The molecule has 2 heteroatoms. The van der Waals surface area contributed by atoms with Crippen LogP contribution in [0.5, 0.6) is 0 Å². The summed E-state index contributed by atoms with van der Waals surface area (Å²) in [5.41, 5.74) is 3.22. The fourth-order valence-electron chi connectivity index (χ4n) is 1.35. The monoisotopic (exact) mass is 203 g/mol. The van der Waals surface area contributed by atoms with E-state index in [0.29, 0.717) is 6.41 Å². The van der Waals surface area contributed by atoms with Gasteiger partial charge < -0.3 is 5.32 Å². The highest BCUT2D eigenvalue weighted by Gasteiger charge is 1.96. The third-order valence-corrected chi connectivity index (χ3v) is 2.26. The van der Waals surface area contributed by atoms with Gasteiger partial charge in [0.1, 0.15) is 0 Å². The summed E-state index contributed by atoms with van der Waals surface area (Å²) >= 11 is 0. The third-order valence-electron chi connectivity index (χ3n) is 2.26. The number of rotatable bonds is 5. The lowest BCUT2D eigenvalue weighted by Crippen LogP contribution is -1.94. The molecular formula is C13H17NO. The Balaban J connectivity index is 2.84. The van der Waals surface area contributed by atoms with Crippen molar-refractivity contribution in [2.45, 2.75) is 26.7 Å². The number of aryl methyl sites for hydroxylation is 1. The Labute approximate surface area is 91.0 Å². The molecule has 0 fully saturated rings. The zero-order valence-electron chi connectivity index (χ0n) is 9.29. The average Bonchev–Trinajstić information content (AvgIpc) is 2.23. The van der Waals surface area contributed by atoms with Crippen LogP contribution in [0.3, 0.4) is 0 Å². The van der Waals surface area contributed by atoms with Gasteiger partial charge in [-0.15, -0.1) is 0 Å². The van der Waals surface area contributed by atoms with E-state index in [2.05, 4.69) is 31.3 Å². The molecule has 0 heterocycles. The second-order valence-electron chi connectivity index (χ2n) is 3.52. The molecule has 15 heavy (non-hydrogen) atoms. The second-order valence-corrected chi connectivity index (χ2v) is 3.52. The van der Waals surface area contributed by atoms with E-state index in [0.717, 1.165) is 24.1 Å². The first kappa shape index (κ1) is 11.5. The molecule has 0 bridgehead atoms. The number of nitrogens with one attached hydrogen (secondary N) is 1. The van der Waals surface area contributed by atoms with Gasteiger partial charge in [-0.1, -0.05) is 31.6 Å². The highest BCUT2D eigenvalue weighted by atomic mass is 16.1. The van der Waals surface area contributed by atoms with E-state index >= 15 is 0 Å². The smallest absolute Gasteiger partial charge is 0.211 e. The number of hydrogen-bond acceptors (Lipinski definition) is 1. The Morgan fingerprint density at radius 2 is 2.20 bits per heavy atom. The first-order valence-electron chi connectivity index (χ1n) is 5.25. The zero-order chi connectivity index (χ0) is 11.1. The molecule has 0 radical (unpaired) electrons. The van der Waals surface area contributed by atoms with Crippen LogP contribution in [0.4, 0.5) is 5.69 Å². The summed E-state index contributed by atoms with van der Waals surface area (Å²) in [5, 5.41) is 2.65. The van der Waals surface area contributed by atoms with Crippen LogP contribution in [-0.4, -0.2) is 6.41 Å². The maximum absolute atomic E-state index is 10.3. The van der Waals surface area contributed by atoms with Crippen LogP contribution >= 0.6 is 0 Å². The Hall–Kier alpha value is -1.57. The van der Waals surface area contributed by atoms with Crippen molar-refractivity contribution in [1.29, 1.82) is 0 Å². The van der Waals surface area contributed by atoms with Crippen molar-refractivity contribution >= 4 is 18.2 Å². The number of benzene rings is 1. The van der Waals surface area contributed by atoms with Crippen molar-refractivity contribution in [1.82, 2.24) is 0 Å². The topological polar surface area (TPSA) is 29.1 Å². The highest BCUT2D eigenvalue weighted by Crippen LogP contribution is 2.16. The number of carbonyl (C=O) groups excluding carboxylic acids is 1. The van der Waals surface area contributed by atoms with Gasteiger partial charge in [0, 0.05) is 5.69 Å². The maximum Gasteiger partial charge on any atom is 0.211 e. The SMILES string of the molecule is CCC/C=C\c1cc(NC=O)ccc1C. The summed E-state index contributed by atoms with van der Waals surface area (Å²) in [6.07, 6.45) is 7.21. The number of anilines is 1. The molecule has 1 N–H and O–H groups in total. The van der Waals surface area contributed by atoms with E-state index < -0.39 is 0 Å². The first-order chi connectivity index (χ1) is 7.27. The van der Waals surface area contributed by atoms with E-state index in [4.69, 9.17) is 0 Å². The largest absolute Gasteiger partial charge is 0.329 e. The van der Waals surface area contributed by atoms with Crippen molar-refractivity contribution in [3.8, 4) is 0 Å². The summed E-state index contributed by atoms with van der Waals surface area (Å²) in [4.78, 5) is 10.3. The fourth-order valence-corrected chi connectivity index (χ4v) is 1.35. The van der Waals surface area contributed by atoms with Crippen LogP contribution in [-0.2, 0) is 4.79 Å². The standard InChI is InChI=1S/C13H17NO/c1-3-4-5-6-12-9-13(14-10-15)8-7-11(12)2/h5-10H,3-4H2,1-2H3,(H,14,15)/b6-5-. The number of carbonyl (C=O) groups is 1. The average molecular weight is 203 g/mol. The molecule has 80 valence electrons. The summed E-state index contributed by atoms with van der Waals surface area (Å²) in [5.74, 6) is 0. The number of unbranched alkanes of at least 4 members (excludes halogenated alkanes) is 1. The molecule has 1 aromatic carbocycles. The minimum Gasteiger partial charge on any atom is -0.329 e. The summed E-state index contributed by atoms with van der Waals surface area (Å²) in [7, 11) is 0. The molecular weight excluding hydrogens is 186 g/mol. The van der Waals surface area contributed by atoms with Gasteiger partial charge >= 0.3 is 0 Å². The van der Waals surface area contributed by atoms with Crippen molar-refractivity contribution in [3.63, 3.8) is 0 Å². The minimum atomic E-state index is 0.699. The van der Waals surface area contributed by atoms with Gasteiger partial charge in [-0.3, -0.25) is 4.79 Å². The summed E-state index contributed by atoms with van der Waals surface area (Å²) in [6.45, 7) is 4.22. The van der Waals surface area contributed by atoms with Gasteiger partial charge in [0.05, 0.1) is 0 Å². The Morgan fingerprint density at radius 3 is 2.87 bits per heavy atom. The highest BCUT2D eigenvalue weighted by molar-refractivity contribution is 5.73. The minimum absolute atomic E-state index is 0.699. The number of hydrogen-bond donors (Lipinski definition) is 1. The first-order valence-corrected chi connectivity index (χ1v) is 5.25. The van der Waals surface area contributed by atoms with Crippen LogP contribution in [0.15, 0.2) is 24.3 Å². The maximum atomic E-state index is 10.3. The number of amides is 1. The van der Waals surface area contributed by atoms with Gasteiger partial charge in [-0.25, -0.2) is 0 Å². The van der Waals surface area contributed by atoms with Crippen LogP contribution < -0.4 is 5.32 Å². The molecule has 0 aliphatic rings. The third kappa shape index (κ3) is 3.58. The van der Waals surface area contributed by atoms with Gasteiger partial charge in [0.25, 0.3) is 0 Å². The molecule has 1 amide bonds. The predicted octanol–water partition coefficient (Wildman–Crippen LogP) is 3.38. The lowest BCUT2D eigenvalue weighted by Gasteiger charge is -2.04. The Morgan fingerprint density at radius 1 is 1.40 bits per heavy atom. The molecule has 0 aliphatic carbocycles. The normalized spacial score (nSPS) is 10.5. The van der Waals surface area contributed by atoms with E-state index in [1.807, 2.05) is 18.2 Å². The molecule has 0 atom stereocenters. The molecule has 0 saturated heterocycles. The summed E-state index contributed by atoms with van der Waals surface area (Å²) in [6, 6.07) is 5.90. The van der Waals surface area contributed by atoms with Gasteiger partial charge in [0.15, 0.2) is 0 Å². The van der Waals surface area contributed by atoms with Crippen LogP contribution in [0, 0.1) is 6.92 Å². The molecule has 1 rings (SSSR count). The van der Waals surface area contributed by atoms with E-state index in [1.165, 1.54) is 5.56 Å². The van der Waals surface area contributed by atoms with Gasteiger partial charge in [-0.05, 0) is 36.6 Å². The summed E-state index contributed by atoms with van der Waals surface area (Å²) < 4.78 is 0. The lowest BCUT2D eigenvalue weighted by molar-refractivity contribution is -0.105. The van der Waals surface area contributed by atoms with E-state index in [9.17, 15) is 4.79 Å². The van der Waals surface area contributed by atoms with E-state index in [1.54, 1.807) is 0 Å². The molecule has 0 aromatic heterocycles. The van der Waals surface area contributed by atoms with Crippen molar-refractivity contribution < 1.29 is 4.79 Å². The molecule has 0 spiro atoms. The van der Waals surface area contributed by atoms with Gasteiger partial charge in [0.2, 0.25) is 6.41 Å². The second kappa shape index (κ2) is 6.02. The zero-order valence-corrected chi connectivity index (χ0v) is 9.29. The Kier molecular flexibility index (Phi) is 4.61. The number of allylic oxidation sites excluding steroid dienone is 1. The molecule has 2 nitrogen and oxygen atoms in total. The fraction of sp³-hybridized carbons (Fsp3) is 0.308. The molecule has 1 aromatic rings. The molecule has 0 aliphatic heterocycles. The lowest BCUT2D eigenvalue weighted by atomic mass is 10.1. The molecule has 0 saturated carbocycles. The van der Waals surface area contributed by atoms with Crippen molar-refractivity contribution in [3.05, 3.63) is 35.4 Å². The van der Waals surface area contributed by atoms with Crippen LogP contribution in [0.1, 0.15) is 30.9 Å². The van der Waals surface area contributed by atoms with Crippen LogP contribution in [0.2, 0.25) is 0 Å². The van der Waals surface area contributed by atoms with Crippen molar-refractivity contribution in [2.75, 3.05) is 5.32 Å². The van der Waals surface area contributed by atoms with Crippen molar-refractivity contribution in [2.24, 2.45) is 0 Å². The molecule has 0 unspecified atom stereocenters.